The fourth-order valence-corrected chi connectivity index (χ4v) is 1.41. The molecule has 3 nitrogen and oxygen atoms in total. The lowest BCUT2D eigenvalue weighted by Crippen LogP contribution is -2.47. The molecule has 12 heavy (non-hydrogen) atoms. The molecule has 0 aliphatic carbocycles. The van der Waals surface area contributed by atoms with Crippen LogP contribution in [0, 0.1) is 0 Å². The van der Waals surface area contributed by atoms with Crippen molar-refractivity contribution in [2.45, 2.75) is 32.0 Å². The highest BCUT2D eigenvalue weighted by atomic mass is 19.1. The number of rotatable bonds is 1. The molecule has 1 fully saturated rings. The molecule has 2 atom stereocenters. The Hall–Kier alpha value is -0.640. The van der Waals surface area contributed by atoms with Crippen molar-refractivity contribution >= 4 is 5.91 Å². The van der Waals surface area contributed by atoms with Gasteiger partial charge >= 0.3 is 0 Å². The van der Waals surface area contributed by atoms with E-state index in [9.17, 15) is 9.18 Å². The van der Waals surface area contributed by atoms with Gasteiger partial charge in [0, 0.05) is 6.54 Å². The van der Waals surface area contributed by atoms with Crippen LogP contribution in [-0.4, -0.2) is 36.1 Å². The molecular weight excluding hydrogens is 159 g/mol. The van der Waals surface area contributed by atoms with Crippen LogP contribution in [0.1, 0.15) is 19.8 Å². The smallest absolute Gasteiger partial charge is 0.239 e. The van der Waals surface area contributed by atoms with E-state index < -0.39 is 12.2 Å². The van der Waals surface area contributed by atoms with Gasteiger partial charge in [-0.15, -0.1) is 0 Å². The predicted molar refractivity (Wildman–Crippen MR) is 44.4 cm³/mol. The molecule has 0 unspecified atom stereocenters. The molecule has 0 aromatic rings. The highest BCUT2D eigenvalue weighted by molar-refractivity contribution is 5.81. The molecule has 0 saturated carbocycles. The minimum absolute atomic E-state index is 0.141. The van der Waals surface area contributed by atoms with Gasteiger partial charge in [-0.1, -0.05) is 0 Å². The molecule has 4 heteroatoms. The highest BCUT2D eigenvalue weighted by Gasteiger charge is 2.24. The Kier molecular flexibility index (Phi) is 3.03. The summed E-state index contributed by atoms with van der Waals surface area (Å²) < 4.78 is 12.8. The second-order valence-corrected chi connectivity index (χ2v) is 3.31. The van der Waals surface area contributed by atoms with Gasteiger partial charge in [0.25, 0.3) is 0 Å². The first-order valence-corrected chi connectivity index (χ1v) is 4.29. The van der Waals surface area contributed by atoms with E-state index in [0.717, 1.165) is 6.42 Å². The van der Waals surface area contributed by atoms with Gasteiger partial charge in [0.15, 0.2) is 0 Å². The van der Waals surface area contributed by atoms with Crippen molar-refractivity contribution in [2.75, 3.05) is 13.1 Å². The Balaban J connectivity index is 2.46. The number of nitrogens with two attached hydrogens (primary N) is 1. The summed E-state index contributed by atoms with van der Waals surface area (Å²) in [6.07, 6.45) is 0.462. The number of hydrogen-bond donors (Lipinski definition) is 1. The van der Waals surface area contributed by atoms with E-state index >= 15 is 0 Å². The van der Waals surface area contributed by atoms with Crippen molar-refractivity contribution in [3.63, 3.8) is 0 Å². The van der Waals surface area contributed by atoms with Crippen molar-refractivity contribution in [1.29, 1.82) is 0 Å². The molecule has 0 bridgehead atoms. The normalized spacial score (nSPS) is 26.9. The van der Waals surface area contributed by atoms with Crippen LogP contribution >= 0.6 is 0 Å². The standard InChI is InChI=1S/C8H15FN2O/c1-6(10)8(12)11-4-2-3-7(9)5-11/h6-7H,2-5,10H2,1H3/t6-,7-/m0/s1. The van der Waals surface area contributed by atoms with Gasteiger partial charge in [-0.25, -0.2) is 4.39 Å². The molecule has 70 valence electrons. The Morgan fingerprint density at radius 2 is 2.42 bits per heavy atom. The number of halogens is 1. The first-order valence-electron chi connectivity index (χ1n) is 4.29. The lowest BCUT2D eigenvalue weighted by molar-refractivity contribution is -0.134. The van der Waals surface area contributed by atoms with Crippen LogP contribution in [-0.2, 0) is 4.79 Å². The Labute approximate surface area is 71.7 Å². The molecule has 0 aromatic heterocycles. The van der Waals surface area contributed by atoms with Gasteiger partial charge in [0.1, 0.15) is 6.17 Å². The van der Waals surface area contributed by atoms with E-state index in [1.54, 1.807) is 6.92 Å². The van der Waals surface area contributed by atoms with Gasteiger partial charge in [0.05, 0.1) is 12.6 Å². The van der Waals surface area contributed by atoms with Gasteiger partial charge in [-0.2, -0.15) is 0 Å². The molecule has 0 spiro atoms. The summed E-state index contributed by atoms with van der Waals surface area (Å²) >= 11 is 0. The first kappa shape index (κ1) is 9.45. The van der Waals surface area contributed by atoms with E-state index in [-0.39, 0.29) is 12.5 Å². The number of likely N-dealkylation sites (tertiary alicyclic amines) is 1. The van der Waals surface area contributed by atoms with Crippen LogP contribution in [0.15, 0.2) is 0 Å². The maximum absolute atomic E-state index is 12.8. The quantitative estimate of drug-likeness (QED) is 0.621. The topological polar surface area (TPSA) is 46.3 Å². The van der Waals surface area contributed by atoms with Crippen LogP contribution in [0.2, 0.25) is 0 Å². The molecule has 0 aromatic carbocycles. The summed E-state index contributed by atoms with van der Waals surface area (Å²) in [5.74, 6) is -0.141. The lowest BCUT2D eigenvalue weighted by Gasteiger charge is -2.30. The molecule has 0 radical (unpaired) electrons. The minimum Gasteiger partial charge on any atom is -0.338 e. The summed E-state index contributed by atoms with van der Waals surface area (Å²) in [6, 6.07) is -0.504. The monoisotopic (exact) mass is 174 g/mol. The van der Waals surface area contributed by atoms with Crippen molar-refractivity contribution in [3.05, 3.63) is 0 Å². The summed E-state index contributed by atoms with van der Waals surface area (Å²) in [4.78, 5) is 12.8. The fourth-order valence-electron chi connectivity index (χ4n) is 1.41. The van der Waals surface area contributed by atoms with E-state index in [1.807, 2.05) is 0 Å². The second kappa shape index (κ2) is 3.85. The number of amides is 1. The third-order valence-electron chi connectivity index (χ3n) is 2.07. The van der Waals surface area contributed by atoms with Gasteiger partial charge in [-0.05, 0) is 19.8 Å². The molecule has 1 rings (SSSR count). The first-order chi connectivity index (χ1) is 5.61. The van der Waals surface area contributed by atoms with E-state index in [0.29, 0.717) is 13.0 Å². The minimum atomic E-state index is -0.860. The van der Waals surface area contributed by atoms with Crippen LogP contribution < -0.4 is 5.73 Å². The molecule has 1 heterocycles. The average molecular weight is 174 g/mol. The number of hydrogen-bond acceptors (Lipinski definition) is 2. The highest BCUT2D eigenvalue weighted by Crippen LogP contribution is 2.13. The van der Waals surface area contributed by atoms with E-state index in [4.69, 9.17) is 5.73 Å². The summed E-state index contributed by atoms with van der Waals surface area (Å²) in [7, 11) is 0. The SMILES string of the molecule is C[C@H](N)C(=O)N1CCC[C@H](F)C1. The second-order valence-electron chi connectivity index (χ2n) is 3.31. The maximum atomic E-state index is 12.8. The predicted octanol–water partition coefficient (Wildman–Crippen LogP) is 0.294. The van der Waals surface area contributed by atoms with Crippen LogP contribution in [0.4, 0.5) is 4.39 Å². The number of carbonyl (C=O) groups is 1. The Morgan fingerprint density at radius 3 is 2.92 bits per heavy atom. The maximum Gasteiger partial charge on any atom is 0.239 e. The molecule has 1 aliphatic heterocycles. The molecule has 1 saturated heterocycles. The number of carbonyl (C=O) groups excluding carboxylic acids is 1. The number of alkyl halides is 1. The van der Waals surface area contributed by atoms with Crippen molar-refractivity contribution in [2.24, 2.45) is 5.73 Å². The lowest BCUT2D eigenvalue weighted by atomic mass is 10.1. The van der Waals surface area contributed by atoms with Crippen molar-refractivity contribution in [1.82, 2.24) is 4.90 Å². The number of nitrogens with zero attached hydrogens (tertiary/aromatic N) is 1. The zero-order chi connectivity index (χ0) is 9.14. The third kappa shape index (κ3) is 2.17. The fraction of sp³-hybridized carbons (Fsp3) is 0.875. The van der Waals surface area contributed by atoms with Crippen LogP contribution in [0.3, 0.4) is 0 Å². The zero-order valence-electron chi connectivity index (χ0n) is 7.29. The van der Waals surface area contributed by atoms with Crippen LogP contribution in [0.25, 0.3) is 0 Å². The van der Waals surface area contributed by atoms with Gasteiger partial charge in [-0.3, -0.25) is 4.79 Å². The average Bonchev–Trinajstić information content (AvgIpc) is 2.03. The summed E-state index contributed by atoms with van der Waals surface area (Å²) in [5.41, 5.74) is 5.40. The molecule has 2 N–H and O–H groups in total. The van der Waals surface area contributed by atoms with Gasteiger partial charge < -0.3 is 10.6 Å². The van der Waals surface area contributed by atoms with E-state index in [1.165, 1.54) is 4.90 Å². The summed E-state index contributed by atoms with van der Waals surface area (Å²) in [6.45, 7) is 2.51. The number of piperidine rings is 1. The Morgan fingerprint density at radius 1 is 1.75 bits per heavy atom. The van der Waals surface area contributed by atoms with Crippen molar-refractivity contribution in [3.8, 4) is 0 Å². The van der Waals surface area contributed by atoms with Gasteiger partial charge in [0.2, 0.25) is 5.91 Å². The van der Waals surface area contributed by atoms with E-state index in [2.05, 4.69) is 0 Å². The largest absolute Gasteiger partial charge is 0.338 e. The molecular formula is C8H15FN2O. The summed E-state index contributed by atoms with van der Waals surface area (Å²) in [5, 5.41) is 0. The molecule has 1 amide bonds. The zero-order valence-corrected chi connectivity index (χ0v) is 7.29. The van der Waals surface area contributed by atoms with Crippen molar-refractivity contribution < 1.29 is 9.18 Å². The third-order valence-corrected chi connectivity index (χ3v) is 2.07. The van der Waals surface area contributed by atoms with Crippen LogP contribution in [0.5, 0.6) is 0 Å². The Bertz CT molecular complexity index is 172. The molecule has 1 aliphatic rings.